The monoisotopic (exact) mass is 363 g/mol. The number of hydrogen-bond acceptors (Lipinski definition) is 3. The quantitative estimate of drug-likeness (QED) is 0.440. The third-order valence-electron chi connectivity index (χ3n) is 4.49. The molecule has 3 aromatic rings. The smallest absolute Gasteiger partial charge is 0.321 e. The van der Waals surface area contributed by atoms with E-state index in [0.29, 0.717) is 0 Å². The van der Waals surface area contributed by atoms with Gasteiger partial charge in [0.1, 0.15) is 6.04 Å². The minimum absolute atomic E-state index is 0.184. The first-order chi connectivity index (χ1) is 12.7. The van der Waals surface area contributed by atoms with E-state index in [1.807, 2.05) is 91.0 Å². The fourth-order valence-electron chi connectivity index (χ4n) is 3.26. The van der Waals surface area contributed by atoms with E-state index in [1.165, 1.54) is 0 Å². The van der Waals surface area contributed by atoms with Gasteiger partial charge in [-0.25, -0.2) is 0 Å². The van der Waals surface area contributed by atoms with Gasteiger partial charge in [0.25, 0.3) is 0 Å². The molecule has 0 aromatic heterocycles. The average Bonchev–Trinajstić information content (AvgIpc) is 2.71. The Morgan fingerprint density at radius 3 is 1.42 bits per heavy atom. The summed E-state index contributed by atoms with van der Waals surface area (Å²) in [6, 6.07) is 29.0. The second kappa shape index (κ2) is 8.21. The lowest BCUT2D eigenvalue weighted by molar-refractivity contribution is -0.139. The van der Waals surface area contributed by atoms with E-state index >= 15 is 0 Å². The van der Waals surface area contributed by atoms with Crippen LogP contribution in [0.25, 0.3) is 0 Å². The van der Waals surface area contributed by atoms with Crippen molar-refractivity contribution in [2.24, 2.45) is 0 Å². The van der Waals surface area contributed by atoms with Crippen molar-refractivity contribution in [2.75, 3.05) is 5.75 Å². The van der Waals surface area contributed by atoms with Gasteiger partial charge in [0.2, 0.25) is 0 Å². The van der Waals surface area contributed by atoms with Gasteiger partial charge in [0, 0.05) is 5.75 Å². The summed E-state index contributed by atoms with van der Waals surface area (Å²) >= 11 is 4.26. The molecule has 132 valence electrons. The summed E-state index contributed by atoms with van der Waals surface area (Å²) in [6.07, 6.45) is 0. The van der Waals surface area contributed by atoms with Gasteiger partial charge in [-0.3, -0.25) is 10.1 Å². The number of benzene rings is 3. The summed E-state index contributed by atoms with van der Waals surface area (Å²) < 4.78 is 0. The van der Waals surface area contributed by atoms with Crippen LogP contribution in [0.15, 0.2) is 91.0 Å². The van der Waals surface area contributed by atoms with Crippen molar-refractivity contribution in [3.05, 3.63) is 108 Å². The molecule has 0 spiro atoms. The third-order valence-corrected chi connectivity index (χ3v) is 4.86. The van der Waals surface area contributed by atoms with Crippen LogP contribution in [0.5, 0.6) is 0 Å². The lowest BCUT2D eigenvalue weighted by atomic mass is 9.76. The predicted octanol–water partition coefficient (Wildman–Crippen LogP) is 3.95. The Labute approximate surface area is 159 Å². The molecule has 0 amide bonds. The molecule has 26 heavy (non-hydrogen) atoms. The van der Waals surface area contributed by atoms with E-state index in [2.05, 4.69) is 17.9 Å². The maximum atomic E-state index is 11.8. The summed E-state index contributed by atoms with van der Waals surface area (Å²) in [6.45, 7) is 0. The molecular weight excluding hydrogens is 342 g/mol. The zero-order chi connectivity index (χ0) is 18.4. The minimum atomic E-state index is -0.924. The van der Waals surface area contributed by atoms with Gasteiger partial charge in [0.05, 0.1) is 5.54 Å². The Hall–Kier alpha value is -2.56. The summed E-state index contributed by atoms with van der Waals surface area (Å²) in [5.41, 5.74) is 2.14. The average molecular weight is 363 g/mol. The van der Waals surface area contributed by atoms with Crippen molar-refractivity contribution in [1.29, 1.82) is 0 Å². The lowest BCUT2D eigenvalue weighted by Crippen LogP contribution is -2.53. The van der Waals surface area contributed by atoms with Crippen molar-refractivity contribution < 1.29 is 9.90 Å². The van der Waals surface area contributed by atoms with Crippen LogP contribution in [0.3, 0.4) is 0 Å². The Morgan fingerprint density at radius 1 is 0.808 bits per heavy atom. The third kappa shape index (κ3) is 3.52. The molecular formula is C22H21NO2S. The molecule has 0 aliphatic carbocycles. The molecule has 3 aromatic carbocycles. The van der Waals surface area contributed by atoms with Crippen molar-refractivity contribution in [2.45, 2.75) is 11.6 Å². The second-order valence-electron chi connectivity index (χ2n) is 6.07. The summed E-state index contributed by atoms with van der Waals surface area (Å²) in [5, 5.41) is 13.1. The minimum Gasteiger partial charge on any atom is -0.480 e. The molecule has 0 saturated carbocycles. The normalized spacial score (nSPS) is 12.5. The maximum absolute atomic E-state index is 11.8. The van der Waals surface area contributed by atoms with Crippen molar-refractivity contribution in [1.82, 2.24) is 5.32 Å². The number of rotatable bonds is 7. The Bertz CT molecular complexity index is 741. The molecule has 0 fully saturated rings. The van der Waals surface area contributed by atoms with E-state index in [9.17, 15) is 9.90 Å². The van der Waals surface area contributed by atoms with Crippen LogP contribution >= 0.6 is 12.6 Å². The standard InChI is InChI=1S/C22H21NO2S/c24-21(25)20(16-26)23-22(17-10-4-1-5-11-17,18-12-6-2-7-13-18)19-14-8-3-9-15-19/h1-15,20,23,26H,16H2,(H,24,25). The number of carboxylic acids is 1. The van der Waals surface area contributed by atoms with Crippen LogP contribution in [-0.2, 0) is 10.3 Å². The first-order valence-electron chi connectivity index (χ1n) is 8.46. The van der Waals surface area contributed by atoms with Crippen LogP contribution in [0.2, 0.25) is 0 Å². The van der Waals surface area contributed by atoms with Crippen LogP contribution < -0.4 is 5.32 Å². The Balaban J connectivity index is 2.29. The first kappa shape index (κ1) is 18.2. The van der Waals surface area contributed by atoms with Gasteiger partial charge in [-0.2, -0.15) is 12.6 Å². The summed E-state index contributed by atoms with van der Waals surface area (Å²) in [5.74, 6) is -0.740. The molecule has 1 atom stereocenters. The van der Waals surface area contributed by atoms with Gasteiger partial charge < -0.3 is 5.11 Å². The van der Waals surface area contributed by atoms with Crippen molar-refractivity contribution in [3.8, 4) is 0 Å². The highest BCUT2D eigenvalue weighted by Crippen LogP contribution is 2.37. The molecule has 0 saturated heterocycles. The van der Waals surface area contributed by atoms with Gasteiger partial charge in [-0.1, -0.05) is 91.0 Å². The molecule has 0 aliphatic rings. The van der Waals surface area contributed by atoms with Crippen LogP contribution in [0.4, 0.5) is 0 Å². The summed E-state index contributed by atoms with van der Waals surface area (Å²) in [4.78, 5) is 11.8. The van der Waals surface area contributed by atoms with E-state index in [4.69, 9.17) is 0 Å². The molecule has 1 unspecified atom stereocenters. The molecule has 3 rings (SSSR count). The van der Waals surface area contributed by atoms with Crippen molar-refractivity contribution in [3.63, 3.8) is 0 Å². The van der Waals surface area contributed by atoms with Crippen LogP contribution in [0.1, 0.15) is 16.7 Å². The fraction of sp³-hybridized carbons (Fsp3) is 0.136. The van der Waals surface area contributed by atoms with Crippen molar-refractivity contribution >= 4 is 18.6 Å². The van der Waals surface area contributed by atoms with E-state index in [1.54, 1.807) is 0 Å². The number of hydrogen-bond donors (Lipinski definition) is 3. The first-order valence-corrected chi connectivity index (χ1v) is 9.09. The molecule has 0 heterocycles. The highest BCUT2D eigenvalue weighted by Gasteiger charge is 2.39. The molecule has 0 aliphatic heterocycles. The summed E-state index contributed by atoms with van der Waals surface area (Å²) in [7, 11) is 0. The number of carboxylic acid groups (broad SMARTS) is 1. The number of carbonyl (C=O) groups is 1. The molecule has 4 heteroatoms. The Morgan fingerprint density at radius 2 is 1.15 bits per heavy atom. The Kier molecular flexibility index (Phi) is 5.76. The van der Waals surface area contributed by atoms with E-state index in [-0.39, 0.29) is 5.75 Å². The maximum Gasteiger partial charge on any atom is 0.321 e. The number of thiol groups is 1. The predicted molar refractivity (Wildman–Crippen MR) is 108 cm³/mol. The SMILES string of the molecule is O=C(O)C(CS)NC(c1ccccc1)(c1ccccc1)c1ccccc1. The number of aliphatic carboxylic acids is 1. The zero-order valence-electron chi connectivity index (χ0n) is 14.2. The van der Waals surface area contributed by atoms with Crippen LogP contribution in [0, 0.1) is 0 Å². The highest BCUT2D eigenvalue weighted by molar-refractivity contribution is 7.80. The topological polar surface area (TPSA) is 49.3 Å². The molecule has 2 N–H and O–H groups in total. The van der Waals surface area contributed by atoms with Gasteiger partial charge in [-0.15, -0.1) is 0 Å². The van der Waals surface area contributed by atoms with Gasteiger partial charge >= 0.3 is 5.97 Å². The van der Waals surface area contributed by atoms with E-state index < -0.39 is 17.6 Å². The molecule has 3 nitrogen and oxygen atoms in total. The zero-order valence-corrected chi connectivity index (χ0v) is 15.1. The molecule has 0 bridgehead atoms. The van der Waals surface area contributed by atoms with Crippen LogP contribution in [-0.4, -0.2) is 22.9 Å². The highest BCUT2D eigenvalue weighted by atomic mass is 32.1. The van der Waals surface area contributed by atoms with E-state index in [0.717, 1.165) is 16.7 Å². The lowest BCUT2D eigenvalue weighted by Gasteiger charge is -2.39. The largest absolute Gasteiger partial charge is 0.480 e. The second-order valence-corrected chi connectivity index (χ2v) is 6.43. The van der Waals surface area contributed by atoms with Gasteiger partial charge in [0.15, 0.2) is 0 Å². The van der Waals surface area contributed by atoms with Gasteiger partial charge in [-0.05, 0) is 16.7 Å². The number of nitrogens with one attached hydrogen (secondary N) is 1. The fourth-order valence-corrected chi connectivity index (χ4v) is 3.51. The molecule has 0 radical (unpaired) electrons.